The number of hydrogen-bond donors (Lipinski definition) is 3. The SMILES string of the molecule is C[C@@H](O)[C@H](NC(=O)c1c(F)cccc1Br)C(=O)O. The molecule has 0 spiro atoms. The van der Waals surface area contributed by atoms with E-state index in [1.807, 2.05) is 0 Å². The van der Waals surface area contributed by atoms with Crippen molar-refractivity contribution in [2.45, 2.75) is 19.1 Å². The number of rotatable bonds is 4. The maximum atomic E-state index is 13.5. The molecule has 0 aliphatic carbocycles. The van der Waals surface area contributed by atoms with Crippen molar-refractivity contribution in [3.63, 3.8) is 0 Å². The minimum absolute atomic E-state index is 0.203. The second kappa shape index (κ2) is 5.92. The fourth-order valence-electron chi connectivity index (χ4n) is 1.32. The number of carboxylic acid groups (broad SMARTS) is 1. The van der Waals surface area contributed by atoms with E-state index in [1.54, 1.807) is 0 Å². The smallest absolute Gasteiger partial charge is 0.328 e. The average molecular weight is 320 g/mol. The topological polar surface area (TPSA) is 86.6 Å². The van der Waals surface area contributed by atoms with Crippen LogP contribution in [0.2, 0.25) is 0 Å². The number of hydrogen-bond acceptors (Lipinski definition) is 3. The summed E-state index contributed by atoms with van der Waals surface area (Å²) < 4.78 is 13.7. The van der Waals surface area contributed by atoms with Crippen molar-refractivity contribution < 1.29 is 24.2 Å². The first-order valence-electron chi connectivity index (χ1n) is 5.00. The van der Waals surface area contributed by atoms with Crippen molar-refractivity contribution in [1.29, 1.82) is 0 Å². The summed E-state index contributed by atoms with van der Waals surface area (Å²) in [6.07, 6.45) is -1.29. The Morgan fingerprint density at radius 3 is 2.50 bits per heavy atom. The molecular formula is C11H11BrFNO4. The van der Waals surface area contributed by atoms with E-state index in [2.05, 4.69) is 21.2 Å². The van der Waals surface area contributed by atoms with E-state index in [0.29, 0.717) is 0 Å². The number of benzene rings is 1. The van der Waals surface area contributed by atoms with Gasteiger partial charge in [-0.3, -0.25) is 4.79 Å². The summed E-state index contributed by atoms with van der Waals surface area (Å²) in [6, 6.07) is 2.44. The Morgan fingerprint density at radius 1 is 1.44 bits per heavy atom. The Balaban J connectivity index is 2.98. The molecule has 0 radical (unpaired) electrons. The van der Waals surface area contributed by atoms with Gasteiger partial charge in [0, 0.05) is 4.47 Å². The number of nitrogens with one attached hydrogen (secondary N) is 1. The minimum atomic E-state index is -1.50. The third-order valence-electron chi connectivity index (χ3n) is 2.22. The van der Waals surface area contributed by atoms with Crippen LogP contribution in [-0.2, 0) is 4.79 Å². The van der Waals surface area contributed by atoms with Gasteiger partial charge in [0.15, 0.2) is 6.04 Å². The number of carboxylic acids is 1. The largest absolute Gasteiger partial charge is 0.480 e. The Bertz CT molecular complexity index is 458. The van der Waals surface area contributed by atoms with Gasteiger partial charge in [0.05, 0.1) is 11.7 Å². The summed E-state index contributed by atoms with van der Waals surface area (Å²) in [6.45, 7) is 1.22. The van der Waals surface area contributed by atoms with E-state index in [1.165, 1.54) is 19.1 Å². The summed E-state index contributed by atoms with van der Waals surface area (Å²) in [7, 11) is 0. The number of aliphatic carboxylic acids is 1. The van der Waals surface area contributed by atoms with Crippen LogP contribution in [0.25, 0.3) is 0 Å². The molecule has 7 heteroatoms. The lowest BCUT2D eigenvalue weighted by Crippen LogP contribution is -2.47. The highest BCUT2D eigenvalue weighted by molar-refractivity contribution is 9.10. The average Bonchev–Trinajstić information content (AvgIpc) is 2.24. The van der Waals surface area contributed by atoms with Crippen molar-refractivity contribution in [1.82, 2.24) is 5.32 Å². The van der Waals surface area contributed by atoms with Crippen LogP contribution in [0.5, 0.6) is 0 Å². The Labute approximate surface area is 111 Å². The van der Waals surface area contributed by atoms with Gasteiger partial charge >= 0.3 is 5.97 Å². The zero-order valence-corrected chi connectivity index (χ0v) is 10.9. The fraction of sp³-hybridized carbons (Fsp3) is 0.273. The molecule has 0 aliphatic heterocycles. The quantitative estimate of drug-likeness (QED) is 0.777. The third kappa shape index (κ3) is 3.27. The van der Waals surface area contributed by atoms with E-state index in [9.17, 15) is 19.1 Å². The van der Waals surface area contributed by atoms with Gasteiger partial charge < -0.3 is 15.5 Å². The third-order valence-corrected chi connectivity index (χ3v) is 2.89. The molecule has 0 fully saturated rings. The van der Waals surface area contributed by atoms with Crippen molar-refractivity contribution in [3.8, 4) is 0 Å². The molecule has 0 heterocycles. The molecule has 1 aromatic rings. The molecule has 0 aliphatic rings. The van der Waals surface area contributed by atoms with Crippen molar-refractivity contribution in [2.24, 2.45) is 0 Å². The highest BCUT2D eigenvalue weighted by Crippen LogP contribution is 2.19. The second-order valence-electron chi connectivity index (χ2n) is 3.63. The summed E-state index contributed by atoms with van der Waals surface area (Å²) in [5.41, 5.74) is -0.301. The molecule has 1 amide bonds. The van der Waals surface area contributed by atoms with Crippen LogP contribution in [0.4, 0.5) is 4.39 Å². The van der Waals surface area contributed by atoms with E-state index >= 15 is 0 Å². The molecule has 1 aromatic carbocycles. The van der Waals surface area contributed by atoms with Gasteiger partial charge in [0.25, 0.3) is 5.91 Å². The molecule has 98 valence electrons. The standard InChI is InChI=1S/C11H11BrFNO4/c1-5(15)9(11(17)18)14-10(16)8-6(12)3-2-4-7(8)13/h2-5,9,15H,1H3,(H,14,16)(H,17,18)/t5-,9+/m1/s1. The fourth-order valence-corrected chi connectivity index (χ4v) is 1.84. The van der Waals surface area contributed by atoms with Crippen LogP contribution in [0.1, 0.15) is 17.3 Å². The van der Waals surface area contributed by atoms with E-state index in [0.717, 1.165) is 6.07 Å². The van der Waals surface area contributed by atoms with Crippen molar-refractivity contribution in [2.75, 3.05) is 0 Å². The van der Waals surface area contributed by atoms with E-state index in [4.69, 9.17) is 5.11 Å². The zero-order chi connectivity index (χ0) is 13.9. The molecule has 0 unspecified atom stereocenters. The first-order chi connectivity index (χ1) is 8.34. The Morgan fingerprint density at radius 2 is 2.06 bits per heavy atom. The normalized spacial score (nSPS) is 13.8. The number of aliphatic hydroxyl groups is 1. The maximum Gasteiger partial charge on any atom is 0.328 e. The van der Waals surface area contributed by atoms with Gasteiger partial charge in [-0.05, 0) is 35.0 Å². The number of halogens is 2. The first-order valence-corrected chi connectivity index (χ1v) is 5.79. The molecule has 0 bridgehead atoms. The highest BCUT2D eigenvalue weighted by Gasteiger charge is 2.27. The monoisotopic (exact) mass is 319 g/mol. The van der Waals surface area contributed by atoms with Gasteiger partial charge in [-0.1, -0.05) is 6.07 Å². The predicted octanol–water partition coefficient (Wildman–Crippen LogP) is 1.15. The predicted molar refractivity (Wildman–Crippen MR) is 64.7 cm³/mol. The van der Waals surface area contributed by atoms with Crippen LogP contribution in [-0.4, -0.2) is 34.2 Å². The summed E-state index contributed by atoms with van der Waals surface area (Å²) in [4.78, 5) is 22.5. The molecule has 0 saturated heterocycles. The van der Waals surface area contributed by atoms with Gasteiger partial charge in [-0.2, -0.15) is 0 Å². The van der Waals surface area contributed by atoms with Crippen LogP contribution in [0.3, 0.4) is 0 Å². The lowest BCUT2D eigenvalue weighted by atomic mass is 10.1. The van der Waals surface area contributed by atoms with Crippen molar-refractivity contribution in [3.05, 3.63) is 34.1 Å². The van der Waals surface area contributed by atoms with Crippen molar-refractivity contribution >= 4 is 27.8 Å². The summed E-state index contributed by atoms with van der Waals surface area (Å²) in [5, 5.41) is 20.1. The number of amides is 1. The van der Waals surface area contributed by atoms with Crippen LogP contribution < -0.4 is 5.32 Å². The lowest BCUT2D eigenvalue weighted by molar-refractivity contribution is -0.141. The maximum absolute atomic E-state index is 13.5. The van der Waals surface area contributed by atoms with Crippen LogP contribution in [0.15, 0.2) is 22.7 Å². The molecule has 0 aromatic heterocycles. The van der Waals surface area contributed by atoms with Crippen LogP contribution >= 0.6 is 15.9 Å². The van der Waals surface area contributed by atoms with Gasteiger partial charge in [-0.25, -0.2) is 9.18 Å². The number of carbonyl (C=O) groups is 2. The molecular weight excluding hydrogens is 309 g/mol. The van der Waals surface area contributed by atoms with E-state index in [-0.39, 0.29) is 10.0 Å². The van der Waals surface area contributed by atoms with Gasteiger partial charge in [0.1, 0.15) is 5.82 Å². The molecule has 1 rings (SSSR count). The molecule has 2 atom stereocenters. The van der Waals surface area contributed by atoms with E-state index < -0.39 is 29.8 Å². The molecule has 0 saturated carbocycles. The van der Waals surface area contributed by atoms with Crippen LogP contribution in [0, 0.1) is 5.82 Å². The summed E-state index contributed by atoms with van der Waals surface area (Å²) in [5.74, 6) is -3.09. The second-order valence-corrected chi connectivity index (χ2v) is 4.48. The first kappa shape index (κ1) is 14.6. The van der Waals surface area contributed by atoms with Gasteiger partial charge in [-0.15, -0.1) is 0 Å². The number of carbonyl (C=O) groups excluding carboxylic acids is 1. The lowest BCUT2D eigenvalue weighted by Gasteiger charge is -2.17. The highest BCUT2D eigenvalue weighted by atomic mass is 79.9. The minimum Gasteiger partial charge on any atom is -0.480 e. The molecule has 5 nitrogen and oxygen atoms in total. The molecule has 18 heavy (non-hydrogen) atoms. The Kier molecular flexibility index (Phi) is 4.80. The molecule has 3 N–H and O–H groups in total. The zero-order valence-electron chi connectivity index (χ0n) is 9.35. The summed E-state index contributed by atoms with van der Waals surface area (Å²) >= 11 is 3.00. The number of aliphatic hydroxyl groups excluding tert-OH is 1. The van der Waals surface area contributed by atoms with Gasteiger partial charge in [0.2, 0.25) is 0 Å². The Hall–Kier alpha value is -1.47.